The van der Waals surface area contributed by atoms with Crippen molar-refractivity contribution < 1.29 is 14.7 Å². The van der Waals surface area contributed by atoms with E-state index >= 15 is 0 Å². The monoisotopic (exact) mass is 312 g/mol. The van der Waals surface area contributed by atoms with Crippen LogP contribution < -0.4 is 4.90 Å². The lowest BCUT2D eigenvalue weighted by Gasteiger charge is -2.23. The molecule has 1 fully saturated rings. The summed E-state index contributed by atoms with van der Waals surface area (Å²) in [6, 6.07) is 9.51. The van der Waals surface area contributed by atoms with E-state index in [4.69, 9.17) is 5.11 Å². The molecule has 2 rings (SSSR count). The number of rotatable bonds is 6. The molecule has 1 aromatic carbocycles. The van der Waals surface area contributed by atoms with Gasteiger partial charge in [-0.05, 0) is 38.6 Å². The average Bonchev–Trinajstić information content (AvgIpc) is 2.81. The molecular formula is C15H21ClN2O3. The normalized spacial score (nSPS) is 17.9. The number of carboxylic acids is 1. The van der Waals surface area contributed by atoms with Crippen molar-refractivity contribution in [1.82, 2.24) is 4.90 Å². The van der Waals surface area contributed by atoms with E-state index in [1.807, 2.05) is 42.3 Å². The van der Waals surface area contributed by atoms with E-state index in [2.05, 4.69) is 0 Å². The van der Waals surface area contributed by atoms with Gasteiger partial charge in [-0.3, -0.25) is 14.5 Å². The van der Waals surface area contributed by atoms with Crippen molar-refractivity contribution >= 4 is 30.0 Å². The first kappa shape index (κ1) is 17.5. The largest absolute Gasteiger partial charge is 0.481 e. The van der Waals surface area contributed by atoms with Crippen LogP contribution in [-0.4, -0.2) is 48.1 Å². The summed E-state index contributed by atoms with van der Waals surface area (Å²) in [7, 11) is 1.89. The van der Waals surface area contributed by atoms with Crippen molar-refractivity contribution in [1.29, 1.82) is 0 Å². The molecular weight excluding hydrogens is 292 g/mol. The molecule has 1 N–H and O–H groups in total. The van der Waals surface area contributed by atoms with Gasteiger partial charge in [0.05, 0.1) is 6.04 Å². The van der Waals surface area contributed by atoms with Gasteiger partial charge in [-0.1, -0.05) is 18.2 Å². The second-order valence-electron chi connectivity index (χ2n) is 5.11. The third-order valence-corrected chi connectivity index (χ3v) is 3.68. The lowest BCUT2D eigenvalue weighted by atomic mass is 10.2. The van der Waals surface area contributed by atoms with Gasteiger partial charge in [0.1, 0.15) is 0 Å². The molecule has 1 amide bonds. The van der Waals surface area contributed by atoms with Crippen molar-refractivity contribution in [2.24, 2.45) is 0 Å². The zero-order valence-electron chi connectivity index (χ0n) is 12.1. The number of nitrogens with zero attached hydrogens (tertiary/aromatic N) is 2. The summed E-state index contributed by atoms with van der Waals surface area (Å²) in [5.41, 5.74) is 0.930. The quantitative estimate of drug-likeness (QED) is 0.873. The summed E-state index contributed by atoms with van der Waals surface area (Å²) in [6.45, 7) is 1.35. The van der Waals surface area contributed by atoms with Crippen LogP contribution in [-0.2, 0) is 9.59 Å². The molecule has 1 saturated heterocycles. The highest BCUT2D eigenvalue weighted by Gasteiger charge is 2.34. The fraction of sp³-hybridized carbons (Fsp3) is 0.467. The molecule has 1 unspecified atom stereocenters. The van der Waals surface area contributed by atoms with Crippen LogP contribution in [0.15, 0.2) is 30.3 Å². The van der Waals surface area contributed by atoms with Crippen LogP contribution in [0, 0.1) is 0 Å². The molecule has 0 bridgehead atoms. The predicted octanol–water partition coefficient (Wildman–Crippen LogP) is 2.01. The van der Waals surface area contributed by atoms with Gasteiger partial charge < -0.3 is 10.0 Å². The Balaban J connectivity index is 0.00000220. The van der Waals surface area contributed by atoms with Gasteiger partial charge in [-0.2, -0.15) is 0 Å². The Labute approximate surface area is 131 Å². The summed E-state index contributed by atoms with van der Waals surface area (Å²) in [5.74, 6) is -0.684. The third-order valence-electron chi connectivity index (χ3n) is 3.68. The predicted molar refractivity (Wildman–Crippen MR) is 83.9 cm³/mol. The van der Waals surface area contributed by atoms with E-state index in [-0.39, 0.29) is 30.8 Å². The van der Waals surface area contributed by atoms with Crippen LogP contribution in [0.5, 0.6) is 0 Å². The van der Waals surface area contributed by atoms with Crippen LogP contribution in [0.1, 0.15) is 19.3 Å². The Hall–Kier alpha value is -1.59. The zero-order valence-corrected chi connectivity index (χ0v) is 12.9. The topological polar surface area (TPSA) is 60.9 Å². The Morgan fingerprint density at radius 1 is 1.38 bits per heavy atom. The number of hydrogen-bond acceptors (Lipinski definition) is 3. The number of anilines is 1. The maximum absolute atomic E-state index is 12.4. The van der Waals surface area contributed by atoms with Gasteiger partial charge in [0, 0.05) is 18.7 Å². The summed E-state index contributed by atoms with van der Waals surface area (Å²) in [4.78, 5) is 26.7. The number of carboxylic acid groups (broad SMARTS) is 1. The van der Waals surface area contributed by atoms with E-state index in [0.717, 1.165) is 18.7 Å². The smallest absolute Gasteiger partial charge is 0.303 e. The number of carbonyl (C=O) groups is 2. The number of likely N-dealkylation sites (N-methyl/N-ethyl adjacent to an activating group) is 1. The number of aliphatic carboxylic acids is 1. The van der Waals surface area contributed by atoms with E-state index < -0.39 is 5.97 Å². The molecule has 0 spiro atoms. The number of hydrogen-bond donors (Lipinski definition) is 1. The third kappa shape index (κ3) is 4.44. The lowest BCUT2D eigenvalue weighted by molar-refractivity contribution is -0.137. The first-order chi connectivity index (χ1) is 9.59. The molecule has 1 aliphatic rings. The number of amides is 1. The van der Waals surface area contributed by atoms with E-state index in [1.165, 1.54) is 0 Å². The van der Waals surface area contributed by atoms with Crippen LogP contribution in [0.2, 0.25) is 0 Å². The maximum atomic E-state index is 12.4. The van der Waals surface area contributed by atoms with Crippen LogP contribution in [0.25, 0.3) is 0 Å². The summed E-state index contributed by atoms with van der Waals surface area (Å²) < 4.78 is 0. The molecule has 116 valence electrons. The number of halogens is 1. The van der Waals surface area contributed by atoms with Gasteiger partial charge in [-0.25, -0.2) is 0 Å². The second kappa shape index (κ2) is 8.00. The molecule has 1 aliphatic heterocycles. The molecule has 1 heterocycles. The number of benzene rings is 1. The first-order valence-electron chi connectivity index (χ1n) is 6.88. The number of carbonyl (C=O) groups excluding carboxylic acids is 1. The zero-order chi connectivity index (χ0) is 14.5. The molecule has 21 heavy (non-hydrogen) atoms. The van der Waals surface area contributed by atoms with Crippen LogP contribution >= 0.6 is 12.4 Å². The fourth-order valence-corrected chi connectivity index (χ4v) is 2.57. The van der Waals surface area contributed by atoms with Gasteiger partial charge >= 0.3 is 5.97 Å². The molecule has 0 saturated carbocycles. The van der Waals surface area contributed by atoms with E-state index in [0.29, 0.717) is 13.0 Å². The van der Waals surface area contributed by atoms with E-state index in [1.54, 1.807) is 4.90 Å². The minimum absolute atomic E-state index is 0. The minimum Gasteiger partial charge on any atom is -0.481 e. The van der Waals surface area contributed by atoms with Crippen LogP contribution in [0.4, 0.5) is 5.69 Å². The lowest BCUT2D eigenvalue weighted by Crippen LogP contribution is -2.40. The van der Waals surface area contributed by atoms with Crippen LogP contribution in [0.3, 0.4) is 0 Å². The first-order valence-corrected chi connectivity index (χ1v) is 6.88. The number of para-hydroxylation sites is 1. The van der Waals surface area contributed by atoms with Gasteiger partial charge in [-0.15, -0.1) is 12.4 Å². The Kier molecular flexibility index (Phi) is 6.65. The van der Waals surface area contributed by atoms with Crippen molar-refractivity contribution in [2.75, 3.05) is 25.0 Å². The van der Waals surface area contributed by atoms with Crippen molar-refractivity contribution in [2.45, 2.75) is 25.3 Å². The molecule has 0 radical (unpaired) electrons. The SMILES string of the molecule is CN(CCCC(=O)O)C1CCN(c2ccccc2)C1=O.Cl. The molecule has 1 aromatic rings. The molecule has 0 aromatic heterocycles. The summed E-state index contributed by atoms with van der Waals surface area (Å²) >= 11 is 0. The highest BCUT2D eigenvalue weighted by molar-refractivity contribution is 5.99. The Morgan fingerprint density at radius 2 is 2.05 bits per heavy atom. The fourth-order valence-electron chi connectivity index (χ4n) is 2.57. The Bertz CT molecular complexity index is 481. The van der Waals surface area contributed by atoms with Gasteiger partial charge in [0.15, 0.2) is 0 Å². The molecule has 6 heteroatoms. The average molecular weight is 313 g/mol. The summed E-state index contributed by atoms with van der Waals surface area (Å²) in [6.07, 6.45) is 1.51. The molecule has 0 aliphatic carbocycles. The molecule has 1 atom stereocenters. The van der Waals surface area contributed by atoms with Crippen molar-refractivity contribution in [3.63, 3.8) is 0 Å². The molecule has 5 nitrogen and oxygen atoms in total. The second-order valence-corrected chi connectivity index (χ2v) is 5.11. The van der Waals surface area contributed by atoms with Crippen molar-refractivity contribution in [3.05, 3.63) is 30.3 Å². The van der Waals surface area contributed by atoms with E-state index in [9.17, 15) is 9.59 Å². The van der Waals surface area contributed by atoms with Gasteiger partial charge in [0.2, 0.25) is 5.91 Å². The Morgan fingerprint density at radius 3 is 2.67 bits per heavy atom. The summed E-state index contributed by atoms with van der Waals surface area (Å²) in [5, 5.41) is 8.64. The maximum Gasteiger partial charge on any atom is 0.303 e. The van der Waals surface area contributed by atoms with Gasteiger partial charge in [0.25, 0.3) is 0 Å². The standard InChI is InChI=1S/C15H20N2O3.ClH/c1-16(10-5-8-14(18)19)13-9-11-17(15(13)20)12-6-3-2-4-7-12;/h2-4,6-7,13H,5,8-11H2,1H3,(H,18,19);1H. The highest BCUT2D eigenvalue weighted by atomic mass is 35.5. The highest BCUT2D eigenvalue weighted by Crippen LogP contribution is 2.23. The van der Waals surface area contributed by atoms with Crippen molar-refractivity contribution in [3.8, 4) is 0 Å². The minimum atomic E-state index is -0.790.